The van der Waals surface area contributed by atoms with Crippen molar-refractivity contribution in [3.63, 3.8) is 0 Å². The van der Waals surface area contributed by atoms with Crippen LogP contribution in [0, 0.1) is 0 Å². The van der Waals surface area contributed by atoms with Crippen molar-refractivity contribution in [3.05, 3.63) is 47.2 Å². The van der Waals surface area contributed by atoms with Gasteiger partial charge in [-0.1, -0.05) is 30.3 Å². The monoisotopic (exact) mass is 218 g/mol. The van der Waals surface area contributed by atoms with Gasteiger partial charge in [0.05, 0.1) is 5.57 Å². The number of carbonyl (C=O) groups is 1. The van der Waals surface area contributed by atoms with Crippen LogP contribution >= 0.6 is 0 Å². The van der Waals surface area contributed by atoms with E-state index >= 15 is 0 Å². The van der Waals surface area contributed by atoms with E-state index in [1.54, 1.807) is 0 Å². The summed E-state index contributed by atoms with van der Waals surface area (Å²) in [6.45, 7) is 0.451. The second kappa shape index (κ2) is 4.84. The van der Waals surface area contributed by atoms with Crippen LogP contribution in [0.3, 0.4) is 0 Å². The summed E-state index contributed by atoms with van der Waals surface area (Å²) in [4.78, 5) is 10.9. The molecule has 0 aromatic heterocycles. The molecule has 1 aliphatic rings. The van der Waals surface area contributed by atoms with Gasteiger partial charge in [-0.25, -0.2) is 4.79 Å². The van der Waals surface area contributed by atoms with Crippen LogP contribution in [0.25, 0.3) is 0 Å². The van der Waals surface area contributed by atoms with Crippen LogP contribution in [0.4, 0.5) is 0 Å². The normalized spacial score (nSPS) is 15.2. The summed E-state index contributed by atoms with van der Waals surface area (Å²) in [5, 5.41) is 8.94. The molecule has 0 spiro atoms. The molecule has 0 radical (unpaired) electrons. The summed E-state index contributed by atoms with van der Waals surface area (Å²) in [6.07, 6.45) is 2.25. The fourth-order valence-corrected chi connectivity index (χ4v) is 1.85. The molecule has 16 heavy (non-hydrogen) atoms. The Morgan fingerprint density at radius 1 is 1.25 bits per heavy atom. The van der Waals surface area contributed by atoms with E-state index in [2.05, 4.69) is 0 Å². The molecule has 1 aromatic rings. The summed E-state index contributed by atoms with van der Waals surface area (Å²) < 4.78 is 5.56. The number of aliphatic carboxylic acids is 1. The number of allylic oxidation sites excluding steroid dienone is 1. The van der Waals surface area contributed by atoms with E-state index < -0.39 is 5.97 Å². The largest absolute Gasteiger partial charge is 0.493 e. The van der Waals surface area contributed by atoms with Gasteiger partial charge in [-0.15, -0.1) is 0 Å². The van der Waals surface area contributed by atoms with Crippen molar-refractivity contribution >= 4 is 5.97 Å². The van der Waals surface area contributed by atoms with Crippen LogP contribution in [0.1, 0.15) is 24.8 Å². The number of ether oxygens (including phenoxy) is 1. The second-order valence-electron chi connectivity index (χ2n) is 3.83. The highest BCUT2D eigenvalue weighted by Crippen LogP contribution is 2.27. The second-order valence-corrected chi connectivity index (χ2v) is 3.83. The first-order chi connectivity index (χ1) is 7.77. The van der Waals surface area contributed by atoms with E-state index in [0.29, 0.717) is 24.4 Å². The first-order valence-electron chi connectivity index (χ1n) is 5.39. The number of hydrogen-bond acceptors (Lipinski definition) is 2. The summed E-state index contributed by atoms with van der Waals surface area (Å²) in [5.41, 5.74) is 1.50. The number of carboxylic acids is 1. The smallest absolute Gasteiger partial charge is 0.334 e. The maximum absolute atomic E-state index is 10.9. The molecule has 0 unspecified atom stereocenters. The van der Waals surface area contributed by atoms with Gasteiger partial charge in [0.1, 0.15) is 12.4 Å². The maximum Gasteiger partial charge on any atom is 0.334 e. The van der Waals surface area contributed by atoms with E-state index in [1.807, 2.05) is 30.3 Å². The van der Waals surface area contributed by atoms with E-state index in [4.69, 9.17) is 9.84 Å². The standard InChI is InChI=1S/C13H14O3/c14-13(15)11-7-4-8-12(11)16-9-10-5-2-1-3-6-10/h1-3,5-6H,4,7-9H2,(H,14,15). The van der Waals surface area contributed by atoms with Gasteiger partial charge in [0, 0.05) is 6.42 Å². The minimum absolute atomic E-state index is 0.441. The molecule has 1 N–H and O–H groups in total. The van der Waals surface area contributed by atoms with Crippen molar-refractivity contribution in [3.8, 4) is 0 Å². The van der Waals surface area contributed by atoms with Gasteiger partial charge in [-0.2, -0.15) is 0 Å². The van der Waals surface area contributed by atoms with Gasteiger partial charge in [-0.05, 0) is 18.4 Å². The first kappa shape index (κ1) is 10.7. The van der Waals surface area contributed by atoms with Gasteiger partial charge >= 0.3 is 5.97 Å². The molecule has 0 amide bonds. The van der Waals surface area contributed by atoms with Crippen molar-refractivity contribution in [2.24, 2.45) is 0 Å². The zero-order chi connectivity index (χ0) is 11.4. The average Bonchev–Trinajstić information content (AvgIpc) is 2.76. The van der Waals surface area contributed by atoms with Gasteiger partial charge in [0.2, 0.25) is 0 Å². The first-order valence-corrected chi connectivity index (χ1v) is 5.39. The Labute approximate surface area is 94.4 Å². The van der Waals surface area contributed by atoms with Crippen LogP contribution in [0.5, 0.6) is 0 Å². The van der Waals surface area contributed by atoms with Gasteiger partial charge in [0.25, 0.3) is 0 Å². The highest BCUT2D eigenvalue weighted by atomic mass is 16.5. The molecule has 1 aromatic carbocycles. The number of hydrogen-bond donors (Lipinski definition) is 1. The average molecular weight is 218 g/mol. The van der Waals surface area contributed by atoms with Crippen molar-refractivity contribution in [2.75, 3.05) is 0 Å². The zero-order valence-corrected chi connectivity index (χ0v) is 8.98. The Morgan fingerprint density at radius 2 is 2.00 bits per heavy atom. The van der Waals surface area contributed by atoms with Gasteiger partial charge < -0.3 is 9.84 Å². The molecule has 3 heteroatoms. The Balaban J connectivity index is 2.00. The van der Waals surface area contributed by atoms with E-state index in [9.17, 15) is 4.79 Å². The number of benzene rings is 1. The van der Waals surface area contributed by atoms with Crippen molar-refractivity contribution < 1.29 is 14.6 Å². The molecule has 3 nitrogen and oxygen atoms in total. The summed E-state index contributed by atoms with van der Waals surface area (Å²) in [6, 6.07) is 9.77. The topological polar surface area (TPSA) is 46.5 Å². The minimum Gasteiger partial charge on any atom is -0.493 e. The molecule has 0 atom stereocenters. The fourth-order valence-electron chi connectivity index (χ4n) is 1.85. The molecular weight excluding hydrogens is 204 g/mol. The molecule has 1 aliphatic carbocycles. The lowest BCUT2D eigenvalue weighted by Gasteiger charge is -2.08. The van der Waals surface area contributed by atoms with Gasteiger partial charge in [-0.3, -0.25) is 0 Å². The molecule has 2 rings (SSSR count). The molecule has 0 aliphatic heterocycles. The third-order valence-electron chi connectivity index (χ3n) is 2.68. The maximum atomic E-state index is 10.9. The number of rotatable bonds is 4. The van der Waals surface area contributed by atoms with E-state index in [0.717, 1.165) is 18.4 Å². The molecule has 0 fully saturated rings. The van der Waals surface area contributed by atoms with Crippen LogP contribution in [0.2, 0.25) is 0 Å². The Morgan fingerprint density at radius 3 is 2.69 bits per heavy atom. The minimum atomic E-state index is -0.847. The quantitative estimate of drug-likeness (QED) is 0.845. The number of carboxylic acid groups (broad SMARTS) is 1. The van der Waals surface area contributed by atoms with Crippen molar-refractivity contribution in [2.45, 2.75) is 25.9 Å². The highest BCUT2D eigenvalue weighted by molar-refractivity contribution is 5.87. The lowest BCUT2D eigenvalue weighted by atomic mass is 10.2. The lowest BCUT2D eigenvalue weighted by molar-refractivity contribution is -0.133. The Kier molecular flexibility index (Phi) is 3.25. The lowest BCUT2D eigenvalue weighted by Crippen LogP contribution is -2.02. The molecule has 84 valence electrons. The van der Waals surface area contributed by atoms with Crippen LogP contribution < -0.4 is 0 Å². The molecule has 0 saturated heterocycles. The van der Waals surface area contributed by atoms with E-state index in [-0.39, 0.29) is 0 Å². The molecule has 0 bridgehead atoms. The van der Waals surface area contributed by atoms with Crippen molar-refractivity contribution in [1.29, 1.82) is 0 Å². The van der Waals surface area contributed by atoms with Crippen LogP contribution in [-0.4, -0.2) is 11.1 Å². The predicted molar refractivity (Wildman–Crippen MR) is 59.7 cm³/mol. The Hall–Kier alpha value is -1.77. The predicted octanol–water partition coefficient (Wildman–Crippen LogP) is 2.73. The third-order valence-corrected chi connectivity index (χ3v) is 2.68. The van der Waals surface area contributed by atoms with Crippen molar-refractivity contribution in [1.82, 2.24) is 0 Å². The summed E-state index contributed by atoms with van der Waals surface area (Å²) >= 11 is 0. The molecule has 0 saturated carbocycles. The zero-order valence-electron chi connectivity index (χ0n) is 8.98. The summed E-state index contributed by atoms with van der Waals surface area (Å²) in [7, 11) is 0. The summed E-state index contributed by atoms with van der Waals surface area (Å²) in [5.74, 6) is -0.197. The highest BCUT2D eigenvalue weighted by Gasteiger charge is 2.21. The van der Waals surface area contributed by atoms with E-state index in [1.165, 1.54) is 0 Å². The SMILES string of the molecule is O=C(O)C1=C(OCc2ccccc2)CCC1. The molecule has 0 heterocycles. The Bertz CT molecular complexity index is 406. The molecular formula is C13H14O3. The van der Waals surface area contributed by atoms with Crippen LogP contribution in [-0.2, 0) is 16.1 Å². The fraction of sp³-hybridized carbons (Fsp3) is 0.308. The van der Waals surface area contributed by atoms with Crippen LogP contribution in [0.15, 0.2) is 41.7 Å². The third kappa shape index (κ3) is 2.42. The van der Waals surface area contributed by atoms with Gasteiger partial charge in [0.15, 0.2) is 0 Å².